The van der Waals surface area contributed by atoms with E-state index in [1.807, 2.05) is 54.0 Å². The summed E-state index contributed by atoms with van der Waals surface area (Å²) in [5.74, 6) is -21.6. The molecule has 0 aromatic heterocycles. The SMILES string of the molecule is CC(=O)C(C)(CCC(=O)O)CCC(=O)O.CCOC(=O)C(CCC(=O)O)(CCC(=O)O)C(C)=O.CN(C)c1cccc2c(S(=O)(=O)N[C@@H](CC(=O)O)C(=O)O)cccc12.O=C(O)C(C(=O)O)C1CCc2ccccc21.O=C(O)CCCCCCCCCC(=O)O.O=C(O)[C@@H]1CCCC[C@H]1C(=O)O.O=C(O)[C@@H]1[C@H](C(=O)O)[C@H]2CC[C@@H]1O2. The van der Waals surface area contributed by atoms with Crippen LogP contribution in [-0.2, 0) is 107 Å². The van der Waals surface area contributed by atoms with Gasteiger partial charge in [-0.05, 0) is 121 Å². The third-order valence-electron chi connectivity index (χ3n) is 19.7. The van der Waals surface area contributed by atoms with Gasteiger partial charge in [-0.3, -0.25) is 81.5 Å². The number of carboxylic acid groups (broad SMARTS) is 14. The van der Waals surface area contributed by atoms with Gasteiger partial charge in [0.1, 0.15) is 23.0 Å². The number of benzene rings is 3. The molecule has 8 atom stereocenters. The van der Waals surface area contributed by atoms with Gasteiger partial charge in [0.05, 0.1) is 53.8 Å². The number of anilines is 1. The third-order valence-corrected chi connectivity index (χ3v) is 21.3. The molecule has 1 saturated carbocycles. The second-order valence-corrected chi connectivity index (χ2v) is 29.8. The fourth-order valence-corrected chi connectivity index (χ4v) is 14.7. The van der Waals surface area contributed by atoms with Gasteiger partial charge in [-0.1, -0.05) is 100 Å². The van der Waals surface area contributed by atoms with Crippen molar-refractivity contribution in [2.75, 3.05) is 25.6 Å². The molecular weight excluding hydrogens is 1540 g/mol. The number of carboxylic acids is 14. The molecule has 3 aromatic rings. The summed E-state index contributed by atoms with van der Waals surface area (Å²) in [6, 6.07) is 15.5. The van der Waals surface area contributed by atoms with Crippen LogP contribution < -0.4 is 9.62 Å². The Morgan fingerprint density at radius 3 is 1.28 bits per heavy atom. The number of unbranched alkanes of at least 4 members (excludes halogenated alkanes) is 6. The van der Waals surface area contributed by atoms with E-state index in [1.54, 1.807) is 38.1 Å². The Hall–Kier alpha value is -11.0. The molecule has 0 radical (unpaired) electrons. The van der Waals surface area contributed by atoms with Crippen LogP contribution >= 0.6 is 0 Å². The van der Waals surface area contributed by atoms with Crippen molar-refractivity contribution in [1.82, 2.24) is 4.72 Å². The van der Waals surface area contributed by atoms with Crippen molar-refractivity contribution < 1.29 is 171 Å². The van der Waals surface area contributed by atoms with E-state index in [4.69, 9.17) is 81.0 Å². The van der Waals surface area contributed by atoms with Crippen LogP contribution in [0.3, 0.4) is 0 Å². The van der Waals surface area contributed by atoms with Gasteiger partial charge in [-0.15, -0.1) is 0 Å². The second kappa shape index (κ2) is 50.3. The van der Waals surface area contributed by atoms with Crippen molar-refractivity contribution in [2.24, 2.45) is 40.4 Å². The topological polar surface area (TPSA) is 641 Å². The van der Waals surface area contributed by atoms with Crippen LogP contribution in [0.2, 0.25) is 0 Å². The first-order valence-corrected chi connectivity index (χ1v) is 38.4. The predicted molar refractivity (Wildman–Crippen MR) is 402 cm³/mol. The lowest BCUT2D eigenvalue weighted by molar-refractivity contribution is -0.162. The number of carbonyl (C=O) groups is 17. The predicted octanol–water partition coefficient (Wildman–Crippen LogP) is 8.36. The quantitative estimate of drug-likeness (QED) is 0.0144. The molecule has 115 heavy (non-hydrogen) atoms. The molecule has 15 N–H and O–H groups in total. The summed E-state index contributed by atoms with van der Waals surface area (Å²) in [7, 11) is -0.590. The number of Topliss-reactive ketones (excluding diaryl/α,β-unsaturated/α-hetero) is 2. The summed E-state index contributed by atoms with van der Waals surface area (Å²) in [6.45, 7) is 5.71. The summed E-state index contributed by atoms with van der Waals surface area (Å²) >= 11 is 0. The van der Waals surface area contributed by atoms with E-state index < -0.39 is 177 Å². The van der Waals surface area contributed by atoms with Gasteiger partial charge >= 0.3 is 89.5 Å². The van der Waals surface area contributed by atoms with E-state index in [2.05, 4.69) is 0 Å². The van der Waals surface area contributed by atoms with Crippen LogP contribution in [0.15, 0.2) is 65.6 Å². The first kappa shape index (κ1) is 102. The van der Waals surface area contributed by atoms with E-state index in [-0.39, 0.29) is 80.9 Å². The second-order valence-electron chi connectivity index (χ2n) is 28.1. The van der Waals surface area contributed by atoms with E-state index in [1.165, 1.54) is 13.0 Å². The minimum atomic E-state index is -4.23. The molecule has 0 amide bonds. The number of hydrogen-bond acceptors (Lipinski definition) is 22. The van der Waals surface area contributed by atoms with Gasteiger partial charge < -0.3 is 85.9 Å². The van der Waals surface area contributed by atoms with Crippen molar-refractivity contribution >= 4 is 128 Å². The normalized spacial score (nSPS) is 17.7. The highest BCUT2D eigenvalue weighted by atomic mass is 32.2. The highest BCUT2D eigenvalue weighted by Crippen LogP contribution is 2.44. The van der Waals surface area contributed by atoms with E-state index in [0.29, 0.717) is 42.9 Å². The number of carbonyl (C=O) groups excluding carboxylic acids is 3. The zero-order chi connectivity index (χ0) is 87.8. The molecule has 2 aliphatic heterocycles. The average Bonchev–Trinajstić information content (AvgIpc) is 1.69. The van der Waals surface area contributed by atoms with Gasteiger partial charge in [-0.2, -0.15) is 4.72 Å². The number of nitrogens with zero attached hydrogens (tertiary/aromatic N) is 1. The Kier molecular flexibility index (Phi) is 44.6. The molecule has 0 spiro atoms. The lowest BCUT2D eigenvalue weighted by Gasteiger charge is -2.27. The standard InChI is InChI=1S/C16H18N2O6S.C12H18O7.C12H12O4.C11H20O4.C10H16O5.C8H10O5.C8H12O4/c1-18(2)13-7-3-6-11-10(13)5-4-8-14(11)25(23,24)17-12(16(21)22)9-15(19)20;1-3-19-11(18)12(8(2)13,6-4-9(14)15)7-5-10(16)17;13-11(14)10(12(15)16)9-6-5-7-3-1-2-4-8(7)9;12-10(13)8-6-4-2-1-3-5-7-9-11(14)15;1-7(11)10(2,5-3-8(12)13)6-4-9(14)15;9-7(10)5-3-1-2-4(13-3)6(5)8(11)12;9-7(10)5-3-1-2-4-6(5)8(11)12/h3-8,12,17H,9H2,1-2H3,(H,19,20)(H,21,22);3-7H2,1-2H3,(H,14,15)(H,16,17);1-4,9-10H,5-6H2,(H,13,14)(H,15,16);1-9H2,(H,12,13)(H,14,15);3-6H2,1-2H3,(H,12,13)(H,14,15);3-6H,1-2H2,(H,9,10)(H,11,12);5-6H,1-4H2,(H,9,10)(H,11,12)/t12-;;;;;3-,4+,5-,6+;5-,6-/m0.....1/s1. The fraction of sp³-hybridized carbons (Fsp3) is 0.571. The van der Waals surface area contributed by atoms with Crippen LogP contribution in [0.4, 0.5) is 5.69 Å². The van der Waals surface area contributed by atoms with E-state index >= 15 is 0 Å². The highest BCUT2D eigenvalue weighted by Gasteiger charge is 2.56. The Balaban J connectivity index is 0.000000680. The number of rotatable bonds is 40. The molecule has 4 aliphatic rings. The number of fused-ring (bicyclic) bond motifs is 4. The average molecular weight is 1650 g/mol. The summed E-state index contributed by atoms with van der Waals surface area (Å²) < 4.78 is 37.3. The first-order chi connectivity index (χ1) is 53.6. The van der Waals surface area contributed by atoms with E-state index in [9.17, 15) is 89.9 Å². The summed E-state index contributed by atoms with van der Waals surface area (Å²) in [5, 5.41) is 123. The van der Waals surface area contributed by atoms with Crippen molar-refractivity contribution in [1.29, 1.82) is 0 Å². The van der Waals surface area contributed by atoms with Crippen molar-refractivity contribution in [3.8, 4) is 0 Å². The molecule has 3 fully saturated rings. The third kappa shape index (κ3) is 35.1. The fourth-order valence-electron chi connectivity index (χ4n) is 13.3. The summed E-state index contributed by atoms with van der Waals surface area (Å²) in [5.41, 5.74) is 0.219. The first-order valence-electron chi connectivity index (χ1n) is 36.9. The zero-order valence-electron chi connectivity index (χ0n) is 64.8. The molecule has 38 heteroatoms. The number of ether oxygens (including phenoxy) is 2. The Morgan fingerprint density at radius 2 is 0.904 bits per heavy atom. The number of esters is 1. The number of ketones is 2. The Labute approximate surface area is 662 Å². The van der Waals surface area contributed by atoms with Crippen molar-refractivity contribution in [2.45, 2.75) is 224 Å². The van der Waals surface area contributed by atoms with Crippen LogP contribution in [0.5, 0.6) is 0 Å². The lowest BCUT2D eigenvalue weighted by atomic mass is 9.75. The molecule has 2 heterocycles. The van der Waals surface area contributed by atoms with Crippen LogP contribution in [0.1, 0.15) is 205 Å². The largest absolute Gasteiger partial charge is 0.481 e. The van der Waals surface area contributed by atoms with Gasteiger partial charge in [-0.25, -0.2) is 8.42 Å². The minimum Gasteiger partial charge on any atom is -0.481 e. The maximum atomic E-state index is 12.6. The maximum Gasteiger partial charge on any atom is 0.322 e. The Morgan fingerprint density at radius 1 is 0.487 bits per heavy atom. The van der Waals surface area contributed by atoms with Crippen LogP contribution in [0, 0.1) is 40.4 Å². The summed E-state index contributed by atoms with van der Waals surface area (Å²) in [6.07, 6.45) is 9.72. The van der Waals surface area contributed by atoms with Crippen LogP contribution in [0.25, 0.3) is 10.8 Å². The number of hydrogen-bond donors (Lipinski definition) is 15. The number of aryl methyl sites for hydroxylation is 1. The van der Waals surface area contributed by atoms with Crippen LogP contribution in [-0.4, -0.2) is 220 Å². The smallest absolute Gasteiger partial charge is 0.322 e. The number of aliphatic carboxylic acids is 14. The minimum absolute atomic E-state index is 0.0357. The number of sulfonamides is 1. The molecule has 2 aliphatic carbocycles. The van der Waals surface area contributed by atoms with Gasteiger partial charge in [0.2, 0.25) is 10.0 Å². The lowest BCUT2D eigenvalue weighted by Crippen LogP contribution is -2.42. The van der Waals surface area contributed by atoms with E-state index in [0.717, 1.165) is 87.9 Å². The maximum absolute atomic E-state index is 12.6. The van der Waals surface area contributed by atoms with Gasteiger partial charge in [0.15, 0.2) is 5.92 Å². The zero-order valence-corrected chi connectivity index (χ0v) is 65.6. The van der Waals surface area contributed by atoms with Gasteiger partial charge in [0.25, 0.3) is 0 Å². The Bertz CT molecular complexity index is 3880. The van der Waals surface area contributed by atoms with Gasteiger partial charge in [0, 0.05) is 80.4 Å². The molecule has 37 nitrogen and oxygen atoms in total. The molecule has 3 aromatic carbocycles. The summed E-state index contributed by atoms with van der Waals surface area (Å²) in [4.78, 5) is 186. The molecule has 7 rings (SSSR count). The molecule has 2 saturated heterocycles. The monoisotopic (exact) mass is 1650 g/mol. The molecular formula is C77H106N2O35S. The van der Waals surface area contributed by atoms with Crippen molar-refractivity contribution in [3.63, 3.8) is 0 Å². The molecule has 640 valence electrons. The highest BCUT2D eigenvalue weighted by molar-refractivity contribution is 7.89. The molecule has 1 unspecified atom stereocenters. The number of nitrogens with one attached hydrogen (secondary N) is 1. The molecule has 2 bridgehead atoms. The van der Waals surface area contributed by atoms with Crippen molar-refractivity contribution in [3.05, 3.63) is 71.8 Å².